The summed E-state index contributed by atoms with van der Waals surface area (Å²) in [5.41, 5.74) is 5.87. The van der Waals surface area contributed by atoms with Crippen LogP contribution in [0, 0.1) is 11.8 Å². The van der Waals surface area contributed by atoms with Crippen molar-refractivity contribution >= 4 is 5.91 Å². The summed E-state index contributed by atoms with van der Waals surface area (Å²) in [5, 5.41) is 6.57. The SMILES string of the molecule is NCC(NC(=O)CCC1CCNCC1)C1CCCCC1. The van der Waals surface area contributed by atoms with Crippen molar-refractivity contribution in [3.05, 3.63) is 0 Å². The number of piperidine rings is 1. The van der Waals surface area contributed by atoms with Gasteiger partial charge >= 0.3 is 0 Å². The number of hydrogen-bond donors (Lipinski definition) is 3. The maximum absolute atomic E-state index is 12.1. The van der Waals surface area contributed by atoms with Gasteiger partial charge in [0.05, 0.1) is 0 Å². The Kier molecular flexibility index (Phi) is 6.80. The minimum Gasteiger partial charge on any atom is -0.352 e. The minimum absolute atomic E-state index is 0.204. The van der Waals surface area contributed by atoms with E-state index >= 15 is 0 Å². The Morgan fingerprint density at radius 2 is 1.85 bits per heavy atom. The van der Waals surface area contributed by atoms with Gasteiger partial charge in [0, 0.05) is 19.0 Å². The van der Waals surface area contributed by atoms with E-state index in [1.54, 1.807) is 0 Å². The summed E-state index contributed by atoms with van der Waals surface area (Å²) in [5.74, 6) is 1.55. The molecule has 2 aliphatic rings. The second-order valence-corrected chi connectivity index (χ2v) is 6.54. The molecular weight excluding hydrogens is 250 g/mol. The molecule has 116 valence electrons. The molecule has 1 atom stereocenters. The highest BCUT2D eigenvalue weighted by atomic mass is 16.1. The minimum atomic E-state index is 0.204. The van der Waals surface area contributed by atoms with Gasteiger partial charge in [-0.3, -0.25) is 4.79 Å². The molecule has 4 heteroatoms. The standard InChI is InChI=1S/C16H31N3O/c17-12-15(14-4-2-1-3-5-14)19-16(20)7-6-13-8-10-18-11-9-13/h13-15,18H,1-12,17H2,(H,19,20). The van der Waals surface area contributed by atoms with Crippen molar-refractivity contribution in [1.29, 1.82) is 0 Å². The molecule has 4 nitrogen and oxygen atoms in total. The Balaban J connectivity index is 1.68. The second kappa shape index (κ2) is 8.63. The number of hydrogen-bond acceptors (Lipinski definition) is 3. The highest BCUT2D eigenvalue weighted by Gasteiger charge is 2.24. The third kappa shape index (κ3) is 5.06. The average molecular weight is 281 g/mol. The van der Waals surface area contributed by atoms with Crippen molar-refractivity contribution in [2.75, 3.05) is 19.6 Å². The first kappa shape index (κ1) is 15.8. The normalized spacial score (nSPS) is 23.4. The maximum Gasteiger partial charge on any atom is 0.220 e. The van der Waals surface area contributed by atoms with Crippen LogP contribution in [0.3, 0.4) is 0 Å². The Morgan fingerprint density at radius 3 is 2.50 bits per heavy atom. The highest BCUT2D eigenvalue weighted by Crippen LogP contribution is 2.26. The van der Waals surface area contributed by atoms with Gasteiger partial charge in [-0.15, -0.1) is 0 Å². The van der Waals surface area contributed by atoms with E-state index in [2.05, 4.69) is 10.6 Å². The van der Waals surface area contributed by atoms with Crippen LogP contribution in [0.4, 0.5) is 0 Å². The third-order valence-corrected chi connectivity index (χ3v) is 5.06. The topological polar surface area (TPSA) is 67.1 Å². The van der Waals surface area contributed by atoms with Crippen LogP contribution in [0.5, 0.6) is 0 Å². The molecule has 1 aliphatic carbocycles. The fraction of sp³-hybridized carbons (Fsp3) is 0.938. The summed E-state index contributed by atoms with van der Waals surface area (Å²) in [4.78, 5) is 12.1. The van der Waals surface area contributed by atoms with Gasteiger partial charge in [-0.1, -0.05) is 19.3 Å². The molecule has 0 bridgehead atoms. The van der Waals surface area contributed by atoms with Gasteiger partial charge in [-0.25, -0.2) is 0 Å². The van der Waals surface area contributed by atoms with E-state index in [9.17, 15) is 4.79 Å². The fourth-order valence-corrected chi connectivity index (χ4v) is 3.69. The lowest BCUT2D eigenvalue weighted by Gasteiger charge is -2.30. The number of carbonyl (C=O) groups is 1. The van der Waals surface area contributed by atoms with E-state index < -0.39 is 0 Å². The van der Waals surface area contributed by atoms with Crippen molar-refractivity contribution in [1.82, 2.24) is 10.6 Å². The summed E-state index contributed by atoms with van der Waals surface area (Å²) >= 11 is 0. The Morgan fingerprint density at radius 1 is 1.15 bits per heavy atom. The molecule has 1 saturated heterocycles. The van der Waals surface area contributed by atoms with Crippen molar-refractivity contribution < 1.29 is 4.79 Å². The van der Waals surface area contributed by atoms with Gasteiger partial charge in [0.2, 0.25) is 5.91 Å². The van der Waals surface area contributed by atoms with E-state index in [4.69, 9.17) is 5.73 Å². The zero-order valence-corrected chi connectivity index (χ0v) is 12.7. The van der Waals surface area contributed by atoms with Crippen molar-refractivity contribution in [2.45, 2.75) is 63.8 Å². The highest BCUT2D eigenvalue weighted by molar-refractivity contribution is 5.76. The fourth-order valence-electron chi connectivity index (χ4n) is 3.69. The molecular formula is C16H31N3O. The zero-order chi connectivity index (χ0) is 14.2. The van der Waals surface area contributed by atoms with Crippen molar-refractivity contribution in [3.63, 3.8) is 0 Å². The van der Waals surface area contributed by atoms with Crippen molar-refractivity contribution in [2.24, 2.45) is 17.6 Å². The third-order valence-electron chi connectivity index (χ3n) is 5.06. The molecule has 0 spiro atoms. The predicted molar refractivity (Wildman–Crippen MR) is 82.4 cm³/mol. The molecule has 0 aromatic heterocycles. The molecule has 1 saturated carbocycles. The molecule has 20 heavy (non-hydrogen) atoms. The number of amides is 1. The lowest BCUT2D eigenvalue weighted by atomic mass is 9.83. The quantitative estimate of drug-likeness (QED) is 0.695. The lowest BCUT2D eigenvalue weighted by Crippen LogP contribution is -2.46. The molecule has 4 N–H and O–H groups in total. The molecule has 1 heterocycles. The van der Waals surface area contributed by atoms with Crippen LogP contribution in [0.25, 0.3) is 0 Å². The van der Waals surface area contributed by atoms with Gasteiger partial charge in [-0.2, -0.15) is 0 Å². The van der Waals surface area contributed by atoms with E-state index in [1.807, 2.05) is 0 Å². The molecule has 1 unspecified atom stereocenters. The summed E-state index contributed by atoms with van der Waals surface area (Å²) in [6, 6.07) is 0.204. The van der Waals surface area contributed by atoms with Crippen molar-refractivity contribution in [3.8, 4) is 0 Å². The molecule has 1 amide bonds. The molecule has 1 aliphatic heterocycles. The number of nitrogens with two attached hydrogens (primary N) is 1. The van der Waals surface area contributed by atoms with Gasteiger partial charge in [0.15, 0.2) is 0 Å². The monoisotopic (exact) mass is 281 g/mol. The van der Waals surface area contributed by atoms with Gasteiger partial charge < -0.3 is 16.4 Å². The summed E-state index contributed by atoms with van der Waals surface area (Å²) in [6.45, 7) is 2.81. The van der Waals surface area contributed by atoms with E-state index in [0.717, 1.165) is 25.4 Å². The average Bonchev–Trinajstić information content (AvgIpc) is 2.52. The first-order valence-electron chi connectivity index (χ1n) is 8.49. The van der Waals surface area contributed by atoms with Crippen LogP contribution in [-0.4, -0.2) is 31.6 Å². The lowest BCUT2D eigenvalue weighted by molar-refractivity contribution is -0.122. The first-order valence-corrected chi connectivity index (χ1v) is 8.49. The van der Waals surface area contributed by atoms with Crippen LogP contribution in [0.1, 0.15) is 57.8 Å². The van der Waals surface area contributed by atoms with Gasteiger partial charge in [-0.05, 0) is 57.0 Å². The maximum atomic E-state index is 12.1. The van der Waals surface area contributed by atoms with Crippen LogP contribution in [0.2, 0.25) is 0 Å². The largest absolute Gasteiger partial charge is 0.352 e. The predicted octanol–water partition coefficient (Wildman–Crippen LogP) is 1.79. The van der Waals surface area contributed by atoms with Gasteiger partial charge in [0.25, 0.3) is 0 Å². The summed E-state index contributed by atoms with van der Waals surface area (Å²) in [7, 11) is 0. The van der Waals surface area contributed by atoms with E-state index in [-0.39, 0.29) is 11.9 Å². The Labute approximate surface area is 123 Å². The molecule has 2 fully saturated rings. The zero-order valence-electron chi connectivity index (χ0n) is 12.7. The van der Waals surface area contributed by atoms with Crippen LogP contribution < -0.4 is 16.4 Å². The molecule has 0 radical (unpaired) electrons. The van der Waals surface area contributed by atoms with Crippen LogP contribution >= 0.6 is 0 Å². The molecule has 2 rings (SSSR count). The molecule has 0 aromatic carbocycles. The smallest absolute Gasteiger partial charge is 0.220 e. The van der Waals surface area contributed by atoms with Gasteiger partial charge in [0.1, 0.15) is 0 Å². The first-order chi connectivity index (χ1) is 9.79. The number of rotatable bonds is 6. The number of carbonyl (C=O) groups excluding carboxylic acids is 1. The Bertz CT molecular complexity index is 283. The van der Waals surface area contributed by atoms with Crippen LogP contribution in [-0.2, 0) is 4.79 Å². The summed E-state index contributed by atoms with van der Waals surface area (Å²) < 4.78 is 0. The van der Waals surface area contributed by atoms with Crippen LogP contribution in [0.15, 0.2) is 0 Å². The van der Waals surface area contributed by atoms with E-state index in [1.165, 1.54) is 44.9 Å². The number of nitrogens with one attached hydrogen (secondary N) is 2. The second-order valence-electron chi connectivity index (χ2n) is 6.54. The molecule has 0 aromatic rings. The Hall–Kier alpha value is -0.610. The summed E-state index contributed by atoms with van der Waals surface area (Å²) in [6.07, 6.45) is 10.6. The van der Waals surface area contributed by atoms with E-state index in [0.29, 0.717) is 18.9 Å².